The standard InChI is InChI=1S/C28H24BrN3O5S/c1-16(2)14-32-27(34)24(30-19-6-4-18(29)5-7-19)25(28(32)35)38-21-10-8-20(9-11-21)31-26(33)17-3-12-22-23(13-17)37-15-36-22/h3-13,16,30H,14-15H2,1-2H3,(H,31,33). The summed E-state index contributed by atoms with van der Waals surface area (Å²) in [5.41, 5.74) is 2.00. The monoisotopic (exact) mass is 593 g/mol. The number of anilines is 2. The van der Waals surface area contributed by atoms with Gasteiger partial charge in [0.2, 0.25) is 6.79 Å². The third kappa shape index (κ3) is 5.56. The lowest BCUT2D eigenvalue weighted by molar-refractivity contribution is -0.137. The molecule has 3 aromatic carbocycles. The van der Waals surface area contributed by atoms with Crippen molar-refractivity contribution in [3.8, 4) is 11.5 Å². The van der Waals surface area contributed by atoms with Gasteiger partial charge < -0.3 is 20.1 Å². The smallest absolute Gasteiger partial charge is 0.278 e. The number of thioether (sulfide) groups is 1. The summed E-state index contributed by atoms with van der Waals surface area (Å²) in [6.07, 6.45) is 0. The summed E-state index contributed by atoms with van der Waals surface area (Å²) >= 11 is 4.62. The minimum absolute atomic E-state index is 0.133. The molecule has 0 aromatic heterocycles. The molecular weight excluding hydrogens is 570 g/mol. The van der Waals surface area contributed by atoms with E-state index in [1.54, 1.807) is 42.5 Å². The summed E-state index contributed by atoms with van der Waals surface area (Å²) in [7, 11) is 0. The second-order valence-electron chi connectivity index (χ2n) is 9.10. The number of nitrogens with zero attached hydrogens (tertiary/aromatic N) is 1. The molecule has 2 N–H and O–H groups in total. The second kappa shape index (κ2) is 10.9. The lowest BCUT2D eigenvalue weighted by Gasteiger charge is -2.17. The predicted octanol–water partition coefficient (Wildman–Crippen LogP) is 5.87. The number of hydrogen-bond donors (Lipinski definition) is 2. The van der Waals surface area contributed by atoms with E-state index >= 15 is 0 Å². The summed E-state index contributed by atoms with van der Waals surface area (Å²) in [6.45, 7) is 4.39. The van der Waals surface area contributed by atoms with Gasteiger partial charge in [0.25, 0.3) is 17.7 Å². The molecule has 3 aromatic rings. The van der Waals surface area contributed by atoms with Gasteiger partial charge in [0.05, 0.1) is 0 Å². The lowest BCUT2D eigenvalue weighted by Crippen LogP contribution is -2.35. The van der Waals surface area contributed by atoms with Gasteiger partial charge in [-0.05, 0) is 72.6 Å². The van der Waals surface area contributed by atoms with E-state index in [1.807, 2.05) is 38.1 Å². The van der Waals surface area contributed by atoms with E-state index in [0.29, 0.717) is 39.9 Å². The lowest BCUT2D eigenvalue weighted by atomic mass is 10.2. The number of fused-ring (bicyclic) bond motifs is 1. The minimum atomic E-state index is -0.346. The molecule has 38 heavy (non-hydrogen) atoms. The first-order valence-electron chi connectivity index (χ1n) is 11.9. The molecule has 0 spiro atoms. The highest BCUT2D eigenvalue weighted by Crippen LogP contribution is 2.37. The van der Waals surface area contributed by atoms with Crippen molar-refractivity contribution in [3.05, 3.63) is 87.4 Å². The molecule has 194 valence electrons. The third-order valence-corrected chi connectivity index (χ3v) is 7.37. The van der Waals surface area contributed by atoms with Gasteiger partial charge in [0.15, 0.2) is 11.5 Å². The van der Waals surface area contributed by atoms with Crippen LogP contribution in [0.2, 0.25) is 0 Å². The van der Waals surface area contributed by atoms with Gasteiger partial charge in [-0.3, -0.25) is 19.3 Å². The Hall–Kier alpha value is -3.76. The maximum absolute atomic E-state index is 13.3. The zero-order valence-electron chi connectivity index (χ0n) is 20.6. The van der Waals surface area contributed by atoms with Crippen LogP contribution in [0.3, 0.4) is 0 Å². The summed E-state index contributed by atoms with van der Waals surface area (Å²) in [5.74, 6) is 0.322. The molecular formula is C28H24BrN3O5S. The van der Waals surface area contributed by atoms with Gasteiger partial charge in [-0.2, -0.15) is 0 Å². The van der Waals surface area contributed by atoms with Gasteiger partial charge in [-0.1, -0.05) is 41.5 Å². The molecule has 0 bridgehead atoms. The quantitative estimate of drug-likeness (QED) is 0.315. The molecule has 0 fully saturated rings. The first-order chi connectivity index (χ1) is 18.3. The molecule has 3 amide bonds. The van der Waals surface area contributed by atoms with Crippen LogP contribution < -0.4 is 20.1 Å². The number of carbonyl (C=O) groups is 3. The van der Waals surface area contributed by atoms with E-state index in [0.717, 1.165) is 9.37 Å². The number of imide groups is 1. The largest absolute Gasteiger partial charge is 0.454 e. The van der Waals surface area contributed by atoms with E-state index < -0.39 is 0 Å². The third-order valence-electron chi connectivity index (χ3n) is 5.75. The molecule has 10 heteroatoms. The summed E-state index contributed by atoms with van der Waals surface area (Å²) < 4.78 is 11.5. The van der Waals surface area contributed by atoms with Crippen molar-refractivity contribution < 1.29 is 23.9 Å². The van der Waals surface area contributed by atoms with Crippen LogP contribution in [0.4, 0.5) is 11.4 Å². The molecule has 0 radical (unpaired) electrons. The van der Waals surface area contributed by atoms with Gasteiger partial charge in [0, 0.05) is 32.9 Å². The highest BCUT2D eigenvalue weighted by atomic mass is 79.9. The minimum Gasteiger partial charge on any atom is -0.454 e. The van der Waals surface area contributed by atoms with Crippen molar-refractivity contribution >= 4 is 56.8 Å². The number of ether oxygens (including phenoxy) is 2. The van der Waals surface area contributed by atoms with Crippen LogP contribution in [0.5, 0.6) is 11.5 Å². The van der Waals surface area contributed by atoms with Gasteiger partial charge >= 0.3 is 0 Å². The van der Waals surface area contributed by atoms with Crippen molar-refractivity contribution in [1.82, 2.24) is 4.90 Å². The molecule has 2 aliphatic rings. The number of amides is 3. The van der Waals surface area contributed by atoms with Crippen LogP contribution in [-0.2, 0) is 9.59 Å². The molecule has 0 saturated carbocycles. The van der Waals surface area contributed by atoms with Crippen LogP contribution in [0.15, 0.2) is 86.7 Å². The maximum Gasteiger partial charge on any atom is 0.278 e. The van der Waals surface area contributed by atoms with Crippen molar-refractivity contribution in [2.45, 2.75) is 18.7 Å². The zero-order chi connectivity index (χ0) is 26.8. The van der Waals surface area contributed by atoms with Gasteiger partial charge in [-0.25, -0.2) is 0 Å². The molecule has 0 aliphatic carbocycles. The van der Waals surface area contributed by atoms with E-state index in [9.17, 15) is 14.4 Å². The van der Waals surface area contributed by atoms with Crippen LogP contribution in [0.1, 0.15) is 24.2 Å². The average molecular weight is 594 g/mol. The Balaban J connectivity index is 1.33. The van der Waals surface area contributed by atoms with E-state index in [2.05, 4.69) is 26.6 Å². The Morgan fingerprint density at radius 3 is 2.34 bits per heavy atom. The number of nitrogens with one attached hydrogen (secondary N) is 2. The molecule has 0 unspecified atom stereocenters. The Labute approximate surface area is 232 Å². The Morgan fingerprint density at radius 2 is 1.63 bits per heavy atom. The van der Waals surface area contributed by atoms with Crippen LogP contribution in [0, 0.1) is 5.92 Å². The molecule has 8 nitrogen and oxygen atoms in total. The van der Waals surface area contributed by atoms with Crippen molar-refractivity contribution in [2.24, 2.45) is 5.92 Å². The van der Waals surface area contributed by atoms with Crippen molar-refractivity contribution in [1.29, 1.82) is 0 Å². The summed E-state index contributed by atoms with van der Waals surface area (Å²) in [6, 6.07) is 19.5. The fourth-order valence-corrected chi connectivity index (χ4v) is 5.14. The SMILES string of the molecule is CC(C)CN1C(=O)C(Nc2ccc(Br)cc2)=C(Sc2ccc(NC(=O)c3ccc4c(c3)OCO4)cc2)C1=O. The second-order valence-corrected chi connectivity index (χ2v) is 11.1. The fourth-order valence-electron chi connectivity index (χ4n) is 3.93. The van der Waals surface area contributed by atoms with Gasteiger partial charge in [-0.15, -0.1) is 0 Å². The topological polar surface area (TPSA) is 97.0 Å². The molecule has 0 atom stereocenters. The van der Waals surface area contributed by atoms with Crippen LogP contribution in [0.25, 0.3) is 0 Å². The predicted molar refractivity (Wildman–Crippen MR) is 149 cm³/mol. The Morgan fingerprint density at radius 1 is 0.947 bits per heavy atom. The van der Waals surface area contributed by atoms with E-state index in [1.165, 1.54) is 16.7 Å². The maximum atomic E-state index is 13.3. The number of rotatable bonds is 8. The number of carbonyl (C=O) groups excluding carboxylic acids is 3. The molecule has 2 heterocycles. The van der Waals surface area contributed by atoms with Crippen molar-refractivity contribution in [3.63, 3.8) is 0 Å². The molecule has 5 rings (SSSR count). The van der Waals surface area contributed by atoms with Crippen molar-refractivity contribution in [2.75, 3.05) is 24.0 Å². The van der Waals surface area contributed by atoms with E-state index in [-0.39, 0.29) is 36.1 Å². The van der Waals surface area contributed by atoms with Crippen LogP contribution in [-0.4, -0.2) is 36.0 Å². The normalized spacial score (nSPS) is 14.5. The highest BCUT2D eigenvalue weighted by molar-refractivity contribution is 9.10. The highest BCUT2D eigenvalue weighted by Gasteiger charge is 2.39. The zero-order valence-corrected chi connectivity index (χ0v) is 23.0. The summed E-state index contributed by atoms with van der Waals surface area (Å²) in [4.78, 5) is 41.5. The first kappa shape index (κ1) is 25.9. The number of benzene rings is 3. The Kier molecular flexibility index (Phi) is 7.44. The molecule has 2 aliphatic heterocycles. The first-order valence-corrected chi connectivity index (χ1v) is 13.5. The number of hydrogen-bond acceptors (Lipinski definition) is 7. The molecule has 0 saturated heterocycles. The number of halogens is 1. The average Bonchev–Trinajstić information content (AvgIpc) is 3.45. The van der Waals surface area contributed by atoms with E-state index in [4.69, 9.17) is 9.47 Å². The van der Waals surface area contributed by atoms with Gasteiger partial charge in [0.1, 0.15) is 10.6 Å². The Bertz CT molecular complexity index is 1440. The fraction of sp³-hybridized carbons (Fsp3) is 0.179. The summed E-state index contributed by atoms with van der Waals surface area (Å²) in [5, 5.41) is 6.00. The van der Waals surface area contributed by atoms with Crippen LogP contribution >= 0.6 is 27.7 Å².